The number of aromatic amines is 1. The molecule has 2 aromatic rings. The fourth-order valence-electron chi connectivity index (χ4n) is 2.44. The summed E-state index contributed by atoms with van der Waals surface area (Å²) in [6, 6.07) is 3.06. The van der Waals surface area contributed by atoms with Crippen molar-refractivity contribution in [2.45, 2.75) is 26.7 Å². The predicted molar refractivity (Wildman–Crippen MR) is 83.1 cm³/mol. The first kappa shape index (κ1) is 17.1. The molecule has 24 heavy (non-hydrogen) atoms. The Kier molecular flexibility index (Phi) is 4.37. The van der Waals surface area contributed by atoms with Gasteiger partial charge >= 0.3 is 11.7 Å². The number of aromatic nitrogens is 2. The first-order valence-electron chi connectivity index (χ1n) is 7.02. The van der Waals surface area contributed by atoms with Crippen molar-refractivity contribution in [1.82, 2.24) is 9.55 Å². The third kappa shape index (κ3) is 2.72. The zero-order valence-electron chi connectivity index (χ0n) is 13.2. The normalized spacial score (nSPS) is 10.7. The molecule has 0 saturated heterocycles. The van der Waals surface area contributed by atoms with Crippen LogP contribution in [0.3, 0.4) is 0 Å². The predicted octanol–water partition coefficient (Wildman–Crippen LogP) is 1.67. The molecule has 0 aliphatic carbocycles. The summed E-state index contributed by atoms with van der Waals surface area (Å²) in [4.78, 5) is 38.4. The topological polar surface area (TPSA) is 116 Å². The molecule has 1 aromatic heterocycles. The molecule has 0 atom stereocenters. The minimum absolute atomic E-state index is 0.125. The Balaban J connectivity index is 2.89. The van der Waals surface area contributed by atoms with Gasteiger partial charge in [-0.2, -0.15) is 5.26 Å². The van der Waals surface area contributed by atoms with Crippen molar-refractivity contribution >= 4 is 5.97 Å². The summed E-state index contributed by atoms with van der Waals surface area (Å²) in [5.74, 6) is -2.63. The molecule has 2 rings (SSSR count). The number of hydrogen-bond donors (Lipinski definition) is 2. The number of rotatable bonds is 3. The monoisotopic (exact) mass is 331 g/mol. The van der Waals surface area contributed by atoms with Crippen LogP contribution in [-0.2, 0) is 0 Å². The van der Waals surface area contributed by atoms with Gasteiger partial charge in [-0.1, -0.05) is 13.8 Å². The first-order valence-corrected chi connectivity index (χ1v) is 7.02. The first-order chi connectivity index (χ1) is 11.2. The van der Waals surface area contributed by atoms with Crippen LogP contribution in [-0.4, -0.2) is 20.6 Å². The molecule has 124 valence electrons. The quantitative estimate of drug-likeness (QED) is 0.887. The zero-order valence-corrected chi connectivity index (χ0v) is 13.2. The van der Waals surface area contributed by atoms with Gasteiger partial charge in [0.1, 0.15) is 11.9 Å². The number of carboxylic acid groups (broad SMARTS) is 1. The van der Waals surface area contributed by atoms with Crippen LogP contribution in [0.4, 0.5) is 4.39 Å². The van der Waals surface area contributed by atoms with Gasteiger partial charge in [-0.05, 0) is 25.0 Å². The van der Waals surface area contributed by atoms with Gasteiger partial charge in [0.2, 0.25) is 0 Å². The van der Waals surface area contributed by atoms with Gasteiger partial charge in [-0.3, -0.25) is 4.79 Å². The molecule has 0 amide bonds. The second-order valence-corrected chi connectivity index (χ2v) is 5.53. The summed E-state index contributed by atoms with van der Waals surface area (Å²) in [6.07, 6.45) is 0. The van der Waals surface area contributed by atoms with E-state index in [0.717, 1.165) is 6.07 Å². The highest BCUT2D eigenvalue weighted by molar-refractivity contribution is 5.91. The van der Waals surface area contributed by atoms with Crippen molar-refractivity contribution < 1.29 is 14.3 Å². The van der Waals surface area contributed by atoms with Gasteiger partial charge in [-0.15, -0.1) is 0 Å². The number of nitrogens with one attached hydrogen (secondary N) is 1. The second kappa shape index (κ2) is 6.12. The summed E-state index contributed by atoms with van der Waals surface area (Å²) < 4.78 is 14.8. The van der Waals surface area contributed by atoms with Gasteiger partial charge in [0.15, 0.2) is 0 Å². The largest absolute Gasteiger partial charge is 0.478 e. The van der Waals surface area contributed by atoms with Crippen molar-refractivity contribution in [1.29, 1.82) is 5.26 Å². The van der Waals surface area contributed by atoms with Gasteiger partial charge in [-0.25, -0.2) is 18.5 Å². The Morgan fingerprint density at radius 1 is 1.38 bits per heavy atom. The number of aromatic carboxylic acids is 1. The molecular weight excluding hydrogens is 317 g/mol. The van der Waals surface area contributed by atoms with E-state index < -0.39 is 39.8 Å². The molecule has 0 aliphatic heterocycles. The van der Waals surface area contributed by atoms with Crippen LogP contribution in [0.25, 0.3) is 5.69 Å². The van der Waals surface area contributed by atoms with E-state index in [1.807, 2.05) is 0 Å². The molecule has 0 bridgehead atoms. The number of halogens is 1. The molecule has 0 spiro atoms. The number of benzene rings is 1. The minimum Gasteiger partial charge on any atom is -0.478 e. The SMILES string of the molecule is Cc1c(C(C)C)[nH]c(=O)n(-c2cc(C(=O)O)c(C#N)cc2F)c1=O. The van der Waals surface area contributed by atoms with Crippen molar-refractivity contribution in [3.05, 3.63) is 61.2 Å². The molecule has 0 saturated carbocycles. The maximum absolute atomic E-state index is 14.3. The van der Waals surface area contributed by atoms with E-state index in [1.165, 1.54) is 6.92 Å². The average Bonchev–Trinajstić information content (AvgIpc) is 2.51. The summed E-state index contributed by atoms with van der Waals surface area (Å²) in [7, 11) is 0. The number of nitriles is 1. The van der Waals surface area contributed by atoms with Crippen LogP contribution in [0.5, 0.6) is 0 Å². The second-order valence-electron chi connectivity index (χ2n) is 5.53. The van der Waals surface area contributed by atoms with Crippen molar-refractivity contribution in [3.8, 4) is 11.8 Å². The lowest BCUT2D eigenvalue weighted by atomic mass is 10.1. The smallest absolute Gasteiger partial charge is 0.337 e. The number of nitrogens with zero attached hydrogens (tertiary/aromatic N) is 2. The van der Waals surface area contributed by atoms with E-state index in [9.17, 15) is 18.8 Å². The van der Waals surface area contributed by atoms with Crippen molar-refractivity contribution in [2.24, 2.45) is 0 Å². The Morgan fingerprint density at radius 2 is 2.00 bits per heavy atom. The molecule has 0 radical (unpaired) electrons. The molecule has 0 unspecified atom stereocenters. The van der Waals surface area contributed by atoms with E-state index in [4.69, 9.17) is 10.4 Å². The zero-order chi connectivity index (χ0) is 18.2. The molecule has 0 fully saturated rings. The van der Waals surface area contributed by atoms with Gasteiger partial charge in [0.25, 0.3) is 5.56 Å². The number of hydrogen-bond acceptors (Lipinski definition) is 4. The van der Waals surface area contributed by atoms with E-state index in [1.54, 1.807) is 19.9 Å². The number of carbonyl (C=O) groups is 1. The molecule has 1 aromatic carbocycles. The highest BCUT2D eigenvalue weighted by Crippen LogP contribution is 2.19. The van der Waals surface area contributed by atoms with Crippen LogP contribution >= 0.6 is 0 Å². The van der Waals surface area contributed by atoms with Gasteiger partial charge in [0.05, 0.1) is 16.8 Å². The number of H-pyrrole nitrogens is 1. The summed E-state index contributed by atoms with van der Waals surface area (Å²) in [5.41, 5.74) is -2.39. The third-order valence-electron chi connectivity index (χ3n) is 3.63. The molecule has 0 aliphatic rings. The Hall–Kier alpha value is -3.21. The maximum Gasteiger partial charge on any atom is 0.337 e. The molecular formula is C16H14FN3O4. The summed E-state index contributed by atoms with van der Waals surface area (Å²) in [6.45, 7) is 5.06. The fraction of sp³-hybridized carbons (Fsp3) is 0.250. The van der Waals surface area contributed by atoms with E-state index in [0.29, 0.717) is 16.3 Å². The van der Waals surface area contributed by atoms with Crippen LogP contribution in [0, 0.1) is 24.1 Å². The Bertz CT molecular complexity index is 996. The van der Waals surface area contributed by atoms with Crippen molar-refractivity contribution in [3.63, 3.8) is 0 Å². The lowest BCUT2D eigenvalue weighted by Gasteiger charge is -2.13. The van der Waals surface area contributed by atoms with Crippen LogP contribution in [0.15, 0.2) is 21.7 Å². The fourth-order valence-corrected chi connectivity index (χ4v) is 2.44. The van der Waals surface area contributed by atoms with Gasteiger partial charge < -0.3 is 10.1 Å². The maximum atomic E-state index is 14.3. The molecule has 7 nitrogen and oxygen atoms in total. The minimum atomic E-state index is -1.46. The third-order valence-corrected chi connectivity index (χ3v) is 3.63. The Labute approximate surface area is 135 Å². The molecule has 8 heteroatoms. The Morgan fingerprint density at radius 3 is 2.50 bits per heavy atom. The standard InChI is InChI=1S/C16H14FN3O4/c1-7(2)13-8(3)14(21)20(16(24)19-13)12-5-10(15(22)23)9(6-18)4-11(12)17/h4-5,7H,1-3H3,(H,19,24)(H,22,23). The lowest BCUT2D eigenvalue weighted by Crippen LogP contribution is -2.37. The summed E-state index contributed by atoms with van der Waals surface area (Å²) >= 11 is 0. The van der Waals surface area contributed by atoms with Crippen molar-refractivity contribution in [2.75, 3.05) is 0 Å². The van der Waals surface area contributed by atoms with Crippen LogP contribution in [0.1, 0.15) is 46.9 Å². The van der Waals surface area contributed by atoms with E-state index in [2.05, 4.69) is 4.98 Å². The molecule has 2 N–H and O–H groups in total. The number of carboxylic acids is 1. The highest BCUT2D eigenvalue weighted by Gasteiger charge is 2.20. The van der Waals surface area contributed by atoms with Crippen LogP contribution in [0.2, 0.25) is 0 Å². The lowest BCUT2D eigenvalue weighted by molar-refractivity contribution is 0.0696. The summed E-state index contributed by atoms with van der Waals surface area (Å²) in [5, 5.41) is 18.0. The van der Waals surface area contributed by atoms with Crippen LogP contribution < -0.4 is 11.2 Å². The average molecular weight is 331 g/mol. The van der Waals surface area contributed by atoms with E-state index >= 15 is 0 Å². The molecule has 1 heterocycles. The van der Waals surface area contributed by atoms with Gasteiger partial charge in [0, 0.05) is 11.3 Å². The van der Waals surface area contributed by atoms with E-state index in [-0.39, 0.29) is 11.5 Å². The highest BCUT2D eigenvalue weighted by atomic mass is 19.1.